The molecule has 1 rings (SSSR count). The van der Waals surface area contributed by atoms with Crippen LogP contribution in [-0.4, -0.2) is 28.8 Å². The van der Waals surface area contributed by atoms with Crippen molar-refractivity contribution < 1.29 is 41.1 Å². The Morgan fingerprint density at radius 2 is 2.04 bits per heavy atom. The number of esters is 1. The smallest absolute Gasteiger partial charge is 0.466 e. The summed E-state index contributed by atoms with van der Waals surface area (Å²) in [5.41, 5.74) is -2.37. The van der Waals surface area contributed by atoms with Crippen molar-refractivity contribution in [1.82, 2.24) is 4.98 Å². The lowest BCUT2D eigenvalue weighted by Crippen LogP contribution is -2.21. The molecule has 0 aliphatic heterocycles. The Labute approximate surface area is 125 Å². The van der Waals surface area contributed by atoms with E-state index in [1.165, 1.54) is 6.92 Å². The Morgan fingerprint density at radius 1 is 1.43 bits per heavy atom. The van der Waals surface area contributed by atoms with Gasteiger partial charge in [-0.1, -0.05) is 0 Å². The second-order valence-electron chi connectivity index (χ2n) is 3.94. The predicted molar refractivity (Wildman–Crippen MR) is 62.9 cm³/mol. The summed E-state index contributed by atoms with van der Waals surface area (Å²) >= 11 is 0. The van der Waals surface area contributed by atoms with Crippen LogP contribution in [0.2, 0.25) is 0 Å². The molecule has 0 saturated carbocycles. The normalized spacial score (nSPS) is 11.4. The van der Waals surface area contributed by atoms with Gasteiger partial charge in [0, 0.05) is 0 Å². The standard InChI is InChI=1S/C11H9F5N2O5/c1-2-22-6(19)3-5-4-17-10(18(20)21)7(9(12)13)8(5)23-11(14,15)16/h4,9H,2-3H2,1H3. The van der Waals surface area contributed by atoms with E-state index < -0.39 is 52.8 Å². The second-order valence-corrected chi connectivity index (χ2v) is 3.94. The number of nitrogens with zero attached hydrogens (tertiary/aromatic N) is 2. The summed E-state index contributed by atoms with van der Waals surface area (Å²) in [6.45, 7) is 1.32. The summed E-state index contributed by atoms with van der Waals surface area (Å²) in [5, 5.41) is 10.7. The van der Waals surface area contributed by atoms with Gasteiger partial charge in [0.15, 0.2) is 11.3 Å². The highest BCUT2D eigenvalue weighted by Gasteiger charge is 2.39. The predicted octanol–water partition coefficient (Wildman–Crippen LogP) is 2.93. The second kappa shape index (κ2) is 7.15. The number of carbonyl (C=O) groups is 1. The van der Waals surface area contributed by atoms with Crippen molar-refractivity contribution in [1.29, 1.82) is 0 Å². The zero-order valence-corrected chi connectivity index (χ0v) is 11.4. The first-order valence-corrected chi connectivity index (χ1v) is 5.92. The molecule has 23 heavy (non-hydrogen) atoms. The number of nitro groups is 1. The monoisotopic (exact) mass is 344 g/mol. The molecule has 0 bridgehead atoms. The van der Waals surface area contributed by atoms with Gasteiger partial charge >= 0.3 is 18.1 Å². The highest BCUT2D eigenvalue weighted by Crippen LogP contribution is 2.40. The fourth-order valence-corrected chi connectivity index (χ4v) is 1.61. The third-order valence-corrected chi connectivity index (χ3v) is 2.37. The third kappa shape index (κ3) is 5.00. The minimum Gasteiger partial charge on any atom is -0.466 e. The molecule has 128 valence electrons. The lowest BCUT2D eigenvalue weighted by atomic mass is 10.1. The van der Waals surface area contributed by atoms with Gasteiger partial charge in [-0.25, -0.2) is 8.78 Å². The van der Waals surface area contributed by atoms with Crippen LogP contribution in [0.4, 0.5) is 27.8 Å². The molecule has 0 unspecified atom stereocenters. The maximum Gasteiger partial charge on any atom is 0.573 e. The summed E-state index contributed by atoms with van der Waals surface area (Å²) in [6.07, 6.45) is -9.46. The van der Waals surface area contributed by atoms with Gasteiger partial charge in [0.25, 0.3) is 6.43 Å². The molecule has 0 aliphatic carbocycles. The SMILES string of the molecule is CCOC(=O)Cc1cnc([N+](=O)[O-])c(C(F)F)c1OC(F)(F)F. The number of carbonyl (C=O) groups excluding carboxylic acids is 1. The van der Waals surface area contributed by atoms with E-state index >= 15 is 0 Å². The van der Waals surface area contributed by atoms with Crippen molar-refractivity contribution >= 4 is 11.8 Å². The van der Waals surface area contributed by atoms with Crippen LogP contribution in [0.15, 0.2) is 6.20 Å². The number of alkyl halides is 5. The number of hydrogen-bond acceptors (Lipinski definition) is 6. The van der Waals surface area contributed by atoms with Crippen molar-refractivity contribution in [2.24, 2.45) is 0 Å². The number of rotatable bonds is 6. The van der Waals surface area contributed by atoms with Gasteiger partial charge in [-0.3, -0.25) is 4.79 Å². The summed E-state index contributed by atoms with van der Waals surface area (Å²) in [7, 11) is 0. The average molecular weight is 344 g/mol. The van der Waals surface area contributed by atoms with Crippen LogP contribution in [0.1, 0.15) is 24.5 Å². The van der Waals surface area contributed by atoms with E-state index in [1.54, 1.807) is 0 Å². The summed E-state index contributed by atoms with van der Waals surface area (Å²) in [4.78, 5) is 23.7. The quantitative estimate of drug-likeness (QED) is 0.341. The van der Waals surface area contributed by atoms with Gasteiger partial charge in [-0.2, -0.15) is 0 Å². The molecule has 12 heteroatoms. The Balaban J connectivity index is 3.47. The highest BCUT2D eigenvalue weighted by molar-refractivity contribution is 5.74. The average Bonchev–Trinajstić information content (AvgIpc) is 2.38. The lowest BCUT2D eigenvalue weighted by molar-refractivity contribution is -0.391. The minimum atomic E-state index is -5.40. The van der Waals surface area contributed by atoms with Crippen LogP contribution in [-0.2, 0) is 16.0 Å². The van der Waals surface area contributed by atoms with Crippen molar-refractivity contribution in [2.45, 2.75) is 26.1 Å². The zero-order chi connectivity index (χ0) is 17.8. The van der Waals surface area contributed by atoms with Crippen LogP contribution in [0.3, 0.4) is 0 Å². The molecular weight excluding hydrogens is 335 g/mol. The third-order valence-electron chi connectivity index (χ3n) is 2.37. The van der Waals surface area contributed by atoms with E-state index in [4.69, 9.17) is 0 Å². The molecule has 0 amide bonds. The Morgan fingerprint density at radius 3 is 2.48 bits per heavy atom. The molecule has 0 aliphatic rings. The molecule has 0 aromatic carbocycles. The maximum atomic E-state index is 13.0. The molecule has 0 radical (unpaired) electrons. The molecule has 1 heterocycles. The lowest BCUT2D eigenvalue weighted by Gasteiger charge is -2.15. The van der Waals surface area contributed by atoms with E-state index in [1.807, 2.05) is 0 Å². The van der Waals surface area contributed by atoms with Crippen molar-refractivity contribution in [2.75, 3.05) is 6.61 Å². The van der Waals surface area contributed by atoms with Gasteiger partial charge in [0.2, 0.25) is 0 Å². The molecule has 7 nitrogen and oxygen atoms in total. The summed E-state index contributed by atoms with van der Waals surface area (Å²) in [5.74, 6) is -4.05. The van der Waals surface area contributed by atoms with E-state index in [0.29, 0.717) is 6.20 Å². The van der Waals surface area contributed by atoms with E-state index in [-0.39, 0.29) is 6.61 Å². The van der Waals surface area contributed by atoms with E-state index in [0.717, 1.165) is 0 Å². The molecule has 0 atom stereocenters. The molecule has 0 fully saturated rings. The number of pyridine rings is 1. The van der Waals surface area contributed by atoms with Crippen LogP contribution < -0.4 is 4.74 Å². The number of halogens is 5. The number of hydrogen-bond donors (Lipinski definition) is 0. The highest BCUT2D eigenvalue weighted by atomic mass is 19.4. The minimum absolute atomic E-state index is 0.101. The molecule has 1 aromatic heterocycles. The number of aromatic nitrogens is 1. The fourth-order valence-electron chi connectivity index (χ4n) is 1.61. The number of ether oxygens (including phenoxy) is 2. The van der Waals surface area contributed by atoms with Crippen LogP contribution in [0.5, 0.6) is 5.75 Å². The van der Waals surface area contributed by atoms with Gasteiger partial charge in [-0.05, 0) is 16.8 Å². The fraction of sp³-hybridized carbons (Fsp3) is 0.455. The molecule has 0 saturated heterocycles. The molecular formula is C11H9F5N2O5. The van der Waals surface area contributed by atoms with Gasteiger partial charge < -0.3 is 19.6 Å². The summed E-state index contributed by atoms with van der Waals surface area (Å²) < 4.78 is 71.1. The first-order chi connectivity index (χ1) is 10.6. The Hall–Kier alpha value is -2.53. The van der Waals surface area contributed by atoms with Crippen LogP contribution in [0.25, 0.3) is 0 Å². The molecule has 0 N–H and O–H groups in total. The first-order valence-electron chi connectivity index (χ1n) is 5.92. The topological polar surface area (TPSA) is 91.6 Å². The van der Waals surface area contributed by atoms with Crippen molar-refractivity contribution in [3.63, 3.8) is 0 Å². The van der Waals surface area contributed by atoms with Gasteiger partial charge in [0.1, 0.15) is 6.20 Å². The van der Waals surface area contributed by atoms with Gasteiger partial charge in [-0.15, -0.1) is 13.2 Å². The summed E-state index contributed by atoms with van der Waals surface area (Å²) in [6, 6.07) is 0. The van der Waals surface area contributed by atoms with E-state index in [9.17, 15) is 36.9 Å². The largest absolute Gasteiger partial charge is 0.573 e. The Bertz CT molecular complexity index is 605. The molecule has 0 spiro atoms. The van der Waals surface area contributed by atoms with E-state index in [2.05, 4.69) is 14.5 Å². The zero-order valence-electron chi connectivity index (χ0n) is 11.4. The Kier molecular flexibility index (Phi) is 5.76. The van der Waals surface area contributed by atoms with Gasteiger partial charge in [0.05, 0.1) is 18.6 Å². The van der Waals surface area contributed by atoms with Crippen molar-refractivity contribution in [3.05, 3.63) is 27.4 Å². The molecule has 1 aromatic rings. The van der Waals surface area contributed by atoms with Crippen LogP contribution >= 0.6 is 0 Å². The van der Waals surface area contributed by atoms with Crippen molar-refractivity contribution in [3.8, 4) is 5.75 Å². The maximum absolute atomic E-state index is 13.0. The van der Waals surface area contributed by atoms with Crippen LogP contribution in [0, 0.1) is 10.1 Å². The first kappa shape index (κ1) is 18.5.